The number of hydrogen-bond donors (Lipinski definition) is 4. The van der Waals surface area contributed by atoms with E-state index in [1.165, 1.54) is 21.8 Å². The van der Waals surface area contributed by atoms with Gasteiger partial charge in [0.1, 0.15) is 26.0 Å². The van der Waals surface area contributed by atoms with Crippen LogP contribution in [0.15, 0.2) is 120 Å². The molecule has 3 aliphatic rings. The molecule has 19 nitrogen and oxygen atoms in total. The van der Waals surface area contributed by atoms with Crippen molar-refractivity contribution in [1.29, 1.82) is 0 Å². The van der Waals surface area contributed by atoms with E-state index in [0.29, 0.717) is 62.7 Å². The summed E-state index contributed by atoms with van der Waals surface area (Å²) in [5.41, 5.74) is 10.5. The Morgan fingerprint density at radius 2 is 1.01 bits per heavy atom. The predicted molar refractivity (Wildman–Crippen MR) is 269 cm³/mol. The number of H-pyrrole nitrogens is 2. The highest BCUT2D eigenvalue weighted by Crippen LogP contribution is 2.26. The molecule has 3 unspecified atom stereocenters. The van der Waals surface area contributed by atoms with E-state index >= 15 is 0 Å². The highest BCUT2D eigenvalue weighted by molar-refractivity contribution is 5.81. The molecule has 5 N–H and O–H groups in total. The minimum atomic E-state index is -0.190. The molecule has 3 atom stereocenters. The summed E-state index contributed by atoms with van der Waals surface area (Å²) in [4.78, 5) is 90.0. The zero-order valence-corrected chi connectivity index (χ0v) is 40.3. The van der Waals surface area contributed by atoms with Crippen LogP contribution in [0, 0.1) is 17.8 Å². The Labute approximate surface area is 406 Å². The van der Waals surface area contributed by atoms with Crippen molar-refractivity contribution in [2.45, 2.75) is 91.9 Å². The summed E-state index contributed by atoms with van der Waals surface area (Å²) in [6, 6.07) is 22.6. The van der Waals surface area contributed by atoms with E-state index in [9.17, 15) is 28.8 Å². The van der Waals surface area contributed by atoms with Crippen molar-refractivity contribution in [1.82, 2.24) is 52.9 Å². The lowest BCUT2D eigenvalue weighted by Crippen LogP contribution is -2.32. The van der Waals surface area contributed by atoms with Gasteiger partial charge in [-0.3, -0.25) is 32.7 Å². The first-order chi connectivity index (χ1) is 34.0. The molecule has 0 bridgehead atoms. The molecule has 3 aliphatic heterocycles. The van der Waals surface area contributed by atoms with Crippen LogP contribution in [0.25, 0.3) is 22.1 Å². The minimum absolute atomic E-state index is 0.153. The van der Waals surface area contributed by atoms with Crippen LogP contribution in [0.3, 0.4) is 0 Å². The van der Waals surface area contributed by atoms with Gasteiger partial charge in [-0.1, -0.05) is 76.4 Å². The van der Waals surface area contributed by atoms with E-state index in [2.05, 4.69) is 46.0 Å². The van der Waals surface area contributed by atoms with E-state index < -0.39 is 0 Å². The first-order valence-electron chi connectivity index (χ1n) is 24.2. The molecule has 7 heterocycles. The van der Waals surface area contributed by atoms with Gasteiger partial charge in [0, 0.05) is 63.7 Å². The minimum Gasteiger partial charge on any atom is -0.397 e. The molecule has 70 heavy (non-hydrogen) atoms. The number of nitrogens with one attached hydrogen (secondary N) is 3. The Morgan fingerprint density at radius 1 is 0.600 bits per heavy atom. The Morgan fingerprint density at radius 3 is 1.44 bits per heavy atom. The van der Waals surface area contributed by atoms with Crippen LogP contribution in [0.4, 0.5) is 16.2 Å². The Balaban J connectivity index is 0.000000140. The van der Waals surface area contributed by atoms with Gasteiger partial charge in [-0.2, -0.15) is 0 Å². The number of carbonyl (C=O) groups is 4. The number of likely N-dealkylation sites (tertiary alicyclic amines) is 3. The van der Waals surface area contributed by atoms with Gasteiger partial charge < -0.3 is 35.7 Å². The summed E-state index contributed by atoms with van der Waals surface area (Å²) >= 11 is 0. The maximum absolute atomic E-state index is 12.0. The fraction of sp³-hybridized carbons (Fsp3) is 0.412. The molecule has 3 amide bonds. The van der Waals surface area contributed by atoms with Crippen LogP contribution in [0.5, 0.6) is 0 Å². The number of anilines is 2. The number of amides is 3. The largest absolute Gasteiger partial charge is 0.397 e. The lowest BCUT2D eigenvalue weighted by Gasteiger charge is -2.18. The number of aromatic amines is 2. The highest BCUT2D eigenvalue weighted by atomic mass is 16.2. The molecule has 0 aliphatic carbocycles. The second kappa shape index (κ2) is 24.0. The van der Waals surface area contributed by atoms with Crippen molar-refractivity contribution >= 4 is 57.2 Å². The second-order valence-electron chi connectivity index (χ2n) is 18.1. The van der Waals surface area contributed by atoms with Crippen molar-refractivity contribution in [3.63, 3.8) is 0 Å². The fourth-order valence-corrected chi connectivity index (χ4v) is 9.35. The van der Waals surface area contributed by atoms with Gasteiger partial charge in [0.2, 0.25) is 17.7 Å². The van der Waals surface area contributed by atoms with Gasteiger partial charge in [0.25, 0.3) is 0 Å². The number of rotatable bonds is 13. The molecule has 3 fully saturated rings. The van der Waals surface area contributed by atoms with E-state index in [0.717, 1.165) is 85.9 Å². The maximum Gasteiger partial charge on any atom is 0.338 e. The molecule has 19 heteroatoms. The number of benzene rings is 3. The summed E-state index contributed by atoms with van der Waals surface area (Å²) in [6.45, 7) is 10.1. The van der Waals surface area contributed by atoms with Crippen molar-refractivity contribution in [2.75, 3.05) is 37.4 Å². The number of para-hydroxylation sites is 6. The van der Waals surface area contributed by atoms with Crippen LogP contribution in [-0.4, -0.2) is 103 Å². The third kappa shape index (κ3) is 12.7. The van der Waals surface area contributed by atoms with Crippen molar-refractivity contribution in [3.05, 3.63) is 131 Å². The predicted octanol–water partition coefficient (Wildman–Crippen LogP) is 6.75. The van der Waals surface area contributed by atoms with Crippen LogP contribution >= 0.6 is 0 Å². The van der Waals surface area contributed by atoms with Gasteiger partial charge in [-0.25, -0.2) is 24.4 Å². The number of aromatic nitrogens is 8. The standard InChI is InChI=1S/2C15H19N3O2.C14H21N3O.C7H6N4O/c2*1-2-5-11-8-14(19)17(9-11)10-18-13-7-4-3-6-12(13)16-15(18)20;1-2-5-11-8-14(18)17(9-11)10-16-13-7-4-3-6-12(13)15;12-7(10-3-1-8-5-10)11-4-2-9-6-11/h2*3-4,6-7,11H,2,5,8-10H2,1H3,(H,16,20);3-4,6-7,11,16H,2,5,8-10,15H2,1H3;1-6H. The lowest BCUT2D eigenvalue weighted by molar-refractivity contribution is -0.129. The van der Waals surface area contributed by atoms with E-state index in [4.69, 9.17) is 5.73 Å². The van der Waals surface area contributed by atoms with Crippen molar-refractivity contribution in [2.24, 2.45) is 17.8 Å². The maximum atomic E-state index is 12.0. The Kier molecular flexibility index (Phi) is 17.2. The molecule has 370 valence electrons. The SMILES string of the molecule is CCCC1CC(=O)N(CNc2ccccc2N)C1.CCCC1CC(=O)N(Cn2c(=O)[nH]c3ccccc32)C1.CCCC1CC(=O)N(Cn2c(=O)[nH]c3ccccc32)C1.O=C(n1ccnc1)n1ccnc1. The van der Waals surface area contributed by atoms with Gasteiger partial charge in [0.15, 0.2) is 0 Å². The third-order valence-electron chi connectivity index (χ3n) is 12.8. The van der Waals surface area contributed by atoms with Gasteiger partial charge >= 0.3 is 17.4 Å². The second-order valence-corrected chi connectivity index (χ2v) is 18.1. The number of nitrogens with zero attached hydrogens (tertiary/aromatic N) is 9. The normalized spacial score (nSPS) is 17.6. The van der Waals surface area contributed by atoms with Crippen molar-refractivity contribution in [3.8, 4) is 0 Å². The zero-order valence-electron chi connectivity index (χ0n) is 40.3. The number of nitrogen functional groups attached to an aromatic ring is 1. The van der Waals surface area contributed by atoms with E-state index in [-0.39, 0.29) is 35.1 Å². The third-order valence-corrected chi connectivity index (χ3v) is 12.8. The number of nitrogens with two attached hydrogens (primary N) is 1. The fourth-order valence-electron chi connectivity index (χ4n) is 9.35. The zero-order chi connectivity index (χ0) is 49.6. The summed E-state index contributed by atoms with van der Waals surface area (Å²) in [5, 5.41) is 3.23. The Bertz CT molecular complexity index is 2780. The topological polar surface area (TPSA) is 227 Å². The number of hydrogen-bond acceptors (Lipinski definition) is 10. The summed E-state index contributed by atoms with van der Waals surface area (Å²) in [6.07, 6.45) is 17.7. The highest BCUT2D eigenvalue weighted by Gasteiger charge is 2.31. The van der Waals surface area contributed by atoms with Crippen LogP contribution in [0.2, 0.25) is 0 Å². The molecule has 0 saturated carbocycles. The average molecular weight is 956 g/mol. The molecular weight excluding hydrogens is 891 g/mol. The lowest BCUT2D eigenvalue weighted by atomic mass is 10.0. The monoisotopic (exact) mass is 956 g/mol. The molecular formula is C51H65N13O6. The van der Waals surface area contributed by atoms with Crippen LogP contribution < -0.4 is 22.4 Å². The van der Waals surface area contributed by atoms with Gasteiger partial charge in [0.05, 0.1) is 40.1 Å². The summed E-state index contributed by atoms with van der Waals surface area (Å²) in [7, 11) is 0. The van der Waals surface area contributed by atoms with Crippen LogP contribution in [-0.2, 0) is 27.7 Å². The van der Waals surface area contributed by atoms with Gasteiger partial charge in [-0.15, -0.1) is 0 Å². The molecule has 0 radical (unpaired) electrons. The molecule has 3 aromatic carbocycles. The number of imidazole rings is 4. The van der Waals surface area contributed by atoms with Gasteiger partial charge in [-0.05, 0) is 73.4 Å². The molecule has 10 rings (SSSR count). The summed E-state index contributed by atoms with van der Waals surface area (Å²) in [5.74, 6) is 1.95. The average Bonchev–Trinajstić information content (AvgIpc) is 4.24. The molecule has 4 aromatic heterocycles. The number of carbonyl (C=O) groups excluding carboxylic acids is 4. The summed E-state index contributed by atoms with van der Waals surface area (Å²) < 4.78 is 6.03. The molecule has 0 spiro atoms. The quantitative estimate of drug-likeness (QED) is 0.0889. The van der Waals surface area contributed by atoms with Crippen molar-refractivity contribution < 1.29 is 19.2 Å². The smallest absolute Gasteiger partial charge is 0.338 e. The first kappa shape index (κ1) is 50.2. The number of fused-ring (bicyclic) bond motifs is 2. The Hall–Kier alpha value is -7.70. The molecule has 3 saturated heterocycles. The van der Waals surface area contributed by atoms with Crippen LogP contribution in [0.1, 0.15) is 78.6 Å². The molecule has 7 aromatic rings. The van der Waals surface area contributed by atoms with E-state index in [1.807, 2.05) is 77.7 Å². The van der Waals surface area contributed by atoms with E-state index in [1.54, 1.807) is 43.7 Å². The first-order valence-corrected chi connectivity index (χ1v) is 24.2.